The molecule has 88 valence electrons. The van der Waals surface area contributed by atoms with Crippen LogP contribution in [0.2, 0.25) is 0 Å². The Morgan fingerprint density at radius 2 is 1.76 bits per heavy atom. The molecule has 0 spiro atoms. The standard InChI is InChI=1S/C17H20/c1-6-8-17(16(7-2)13(3)4)15-11-9-14(5)10-12-15/h6-12H,2-3H2,1,4-5H3/b8-6?,17-16+. The molecular formula is C17H20. The van der Waals surface area contributed by atoms with Crippen LogP contribution in [0, 0.1) is 6.92 Å². The summed E-state index contributed by atoms with van der Waals surface area (Å²) in [5.74, 6) is 0. The molecule has 1 aromatic rings. The van der Waals surface area contributed by atoms with Crippen molar-refractivity contribution in [2.75, 3.05) is 0 Å². The van der Waals surface area contributed by atoms with Crippen LogP contribution in [0.25, 0.3) is 5.57 Å². The fourth-order valence-corrected chi connectivity index (χ4v) is 1.76. The van der Waals surface area contributed by atoms with E-state index in [1.807, 2.05) is 26.0 Å². The summed E-state index contributed by atoms with van der Waals surface area (Å²) in [7, 11) is 0. The zero-order valence-electron chi connectivity index (χ0n) is 11.0. The summed E-state index contributed by atoms with van der Waals surface area (Å²) in [6.45, 7) is 14.0. The second-order valence-electron chi connectivity index (χ2n) is 4.18. The minimum atomic E-state index is 1.04. The topological polar surface area (TPSA) is 0 Å². The van der Waals surface area contributed by atoms with Crippen molar-refractivity contribution >= 4 is 5.57 Å². The van der Waals surface area contributed by atoms with Gasteiger partial charge in [-0.1, -0.05) is 66.8 Å². The summed E-state index contributed by atoms with van der Waals surface area (Å²) in [5.41, 5.74) is 5.78. The molecule has 0 N–H and O–H groups in total. The third kappa shape index (κ3) is 3.32. The molecule has 0 radical (unpaired) electrons. The first kappa shape index (κ1) is 13.2. The molecule has 0 aliphatic heterocycles. The minimum Gasteiger partial charge on any atom is -0.0984 e. The van der Waals surface area contributed by atoms with Gasteiger partial charge in [0.25, 0.3) is 0 Å². The highest BCUT2D eigenvalue weighted by Crippen LogP contribution is 2.25. The van der Waals surface area contributed by atoms with Gasteiger partial charge in [-0.3, -0.25) is 0 Å². The van der Waals surface area contributed by atoms with Crippen LogP contribution in [0.15, 0.2) is 66.8 Å². The van der Waals surface area contributed by atoms with Crippen molar-refractivity contribution in [1.82, 2.24) is 0 Å². The molecule has 0 aromatic heterocycles. The predicted molar refractivity (Wildman–Crippen MR) is 77.9 cm³/mol. The van der Waals surface area contributed by atoms with E-state index in [1.54, 1.807) is 0 Å². The molecule has 0 saturated heterocycles. The van der Waals surface area contributed by atoms with Crippen LogP contribution in [0.4, 0.5) is 0 Å². The maximum atomic E-state index is 4.01. The molecule has 0 bridgehead atoms. The fraction of sp³-hybridized carbons (Fsp3) is 0.176. The van der Waals surface area contributed by atoms with Gasteiger partial charge in [0.05, 0.1) is 0 Å². The van der Waals surface area contributed by atoms with Crippen molar-refractivity contribution < 1.29 is 0 Å². The molecule has 0 saturated carbocycles. The van der Waals surface area contributed by atoms with E-state index < -0.39 is 0 Å². The van der Waals surface area contributed by atoms with Crippen LogP contribution in [-0.2, 0) is 0 Å². The van der Waals surface area contributed by atoms with Crippen molar-refractivity contribution in [2.45, 2.75) is 20.8 Å². The highest BCUT2D eigenvalue weighted by molar-refractivity contribution is 5.81. The second-order valence-corrected chi connectivity index (χ2v) is 4.18. The Bertz CT molecular complexity index is 467. The zero-order valence-corrected chi connectivity index (χ0v) is 11.0. The van der Waals surface area contributed by atoms with E-state index in [0.717, 1.165) is 11.1 Å². The number of aryl methyl sites for hydroxylation is 1. The SMILES string of the molecule is C=C/C(C(=C)C)=C(/C=CC)c1ccc(C)cc1. The fourth-order valence-electron chi connectivity index (χ4n) is 1.76. The smallest absolute Gasteiger partial charge is 0.0112 e. The molecule has 0 fully saturated rings. The third-order valence-electron chi connectivity index (χ3n) is 2.65. The molecule has 0 atom stereocenters. The van der Waals surface area contributed by atoms with Gasteiger partial charge in [0.1, 0.15) is 0 Å². The minimum absolute atomic E-state index is 1.04. The van der Waals surface area contributed by atoms with E-state index in [-0.39, 0.29) is 0 Å². The molecule has 0 heteroatoms. The molecule has 1 rings (SSSR count). The summed E-state index contributed by atoms with van der Waals surface area (Å²) in [6, 6.07) is 8.52. The summed E-state index contributed by atoms with van der Waals surface area (Å²) < 4.78 is 0. The average Bonchev–Trinajstić information content (AvgIpc) is 2.29. The van der Waals surface area contributed by atoms with Crippen LogP contribution in [0.3, 0.4) is 0 Å². The molecule has 0 amide bonds. The van der Waals surface area contributed by atoms with Crippen LogP contribution in [-0.4, -0.2) is 0 Å². The Labute approximate surface area is 105 Å². The maximum absolute atomic E-state index is 4.01. The van der Waals surface area contributed by atoms with Crippen LogP contribution < -0.4 is 0 Å². The Morgan fingerprint density at radius 1 is 1.18 bits per heavy atom. The van der Waals surface area contributed by atoms with Gasteiger partial charge >= 0.3 is 0 Å². The molecular weight excluding hydrogens is 204 g/mol. The Hall–Kier alpha value is -1.82. The first-order valence-electron chi connectivity index (χ1n) is 5.82. The number of rotatable bonds is 4. The van der Waals surface area contributed by atoms with E-state index in [1.165, 1.54) is 16.7 Å². The van der Waals surface area contributed by atoms with Crippen LogP contribution in [0.5, 0.6) is 0 Å². The molecule has 0 unspecified atom stereocenters. The average molecular weight is 224 g/mol. The normalized spacial score (nSPS) is 12.4. The van der Waals surface area contributed by atoms with Gasteiger partial charge in [-0.25, -0.2) is 0 Å². The van der Waals surface area contributed by atoms with Gasteiger partial charge in [0.2, 0.25) is 0 Å². The lowest BCUT2D eigenvalue weighted by Crippen LogP contribution is -1.89. The van der Waals surface area contributed by atoms with Crippen molar-refractivity contribution in [3.63, 3.8) is 0 Å². The number of hydrogen-bond acceptors (Lipinski definition) is 0. The highest BCUT2D eigenvalue weighted by Gasteiger charge is 2.04. The lowest BCUT2D eigenvalue weighted by Gasteiger charge is -2.10. The van der Waals surface area contributed by atoms with E-state index in [2.05, 4.69) is 50.4 Å². The summed E-state index contributed by atoms with van der Waals surface area (Å²) in [4.78, 5) is 0. The van der Waals surface area contributed by atoms with Crippen molar-refractivity contribution in [3.05, 3.63) is 77.9 Å². The monoisotopic (exact) mass is 224 g/mol. The Morgan fingerprint density at radius 3 is 2.18 bits per heavy atom. The Balaban J connectivity index is 3.40. The molecule has 1 aromatic carbocycles. The zero-order chi connectivity index (χ0) is 12.8. The third-order valence-corrected chi connectivity index (χ3v) is 2.65. The van der Waals surface area contributed by atoms with Gasteiger partial charge in [0.15, 0.2) is 0 Å². The van der Waals surface area contributed by atoms with Gasteiger partial charge in [0, 0.05) is 0 Å². The van der Waals surface area contributed by atoms with Crippen molar-refractivity contribution in [2.24, 2.45) is 0 Å². The van der Waals surface area contributed by atoms with Crippen LogP contribution >= 0.6 is 0 Å². The number of benzene rings is 1. The number of allylic oxidation sites excluding steroid dienone is 6. The summed E-state index contributed by atoms with van der Waals surface area (Å²) in [6.07, 6.45) is 6.02. The molecule has 0 nitrogen and oxygen atoms in total. The molecule has 0 aliphatic rings. The summed E-state index contributed by atoms with van der Waals surface area (Å²) >= 11 is 0. The summed E-state index contributed by atoms with van der Waals surface area (Å²) in [5, 5.41) is 0. The van der Waals surface area contributed by atoms with Crippen molar-refractivity contribution in [3.8, 4) is 0 Å². The van der Waals surface area contributed by atoms with Gasteiger partial charge < -0.3 is 0 Å². The van der Waals surface area contributed by atoms with Gasteiger partial charge in [-0.15, -0.1) is 0 Å². The predicted octanol–water partition coefficient (Wildman–Crippen LogP) is 5.09. The van der Waals surface area contributed by atoms with E-state index in [0.29, 0.717) is 0 Å². The molecule has 0 heterocycles. The molecule has 0 aliphatic carbocycles. The first-order valence-corrected chi connectivity index (χ1v) is 5.82. The van der Waals surface area contributed by atoms with E-state index in [4.69, 9.17) is 0 Å². The second kappa shape index (κ2) is 6.05. The van der Waals surface area contributed by atoms with Gasteiger partial charge in [-0.2, -0.15) is 0 Å². The maximum Gasteiger partial charge on any atom is -0.0112 e. The van der Waals surface area contributed by atoms with E-state index in [9.17, 15) is 0 Å². The first-order chi connectivity index (χ1) is 8.10. The van der Waals surface area contributed by atoms with Crippen LogP contribution in [0.1, 0.15) is 25.0 Å². The lowest BCUT2D eigenvalue weighted by molar-refractivity contribution is 1.42. The number of hydrogen-bond donors (Lipinski definition) is 0. The lowest BCUT2D eigenvalue weighted by atomic mass is 9.95. The quantitative estimate of drug-likeness (QED) is 0.625. The van der Waals surface area contributed by atoms with Crippen molar-refractivity contribution in [1.29, 1.82) is 0 Å². The van der Waals surface area contributed by atoms with Gasteiger partial charge in [-0.05, 0) is 37.5 Å². The Kier molecular flexibility index (Phi) is 4.71. The largest absolute Gasteiger partial charge is 0.0984 e. The highest BCUT2D eigenvalue weighted by atomic mass is 14.1. The van der Waals surface area contributed by atoms with E-state index >= 15 is 0 Å². The molecule has 17 heavy (non-hydrogen) atoms.